The van der Waals surface area contributed by atoms with E-state index in [2.05, 4.69) is 13.8 Å². The van der Waals surface area contributed by atoms with Crippen molar-refractivity contribution in [1.29, 1.82) is 0 Å². The fourth-order valence-corrected chi connectivity index (χ4v) is 1.50. The average Bonchev–Trinajstić information content (AvgIpc) is 2.08. The lowest BCUT2D eigenvalue weighted by Crippen LogP contribution is -2.13. The minimum atomic E-state index is -0.400. The highest BCUT2D eigenvalue weighted by Crippen LogP contribution is 2.22. The number of halogens is 2. The number of nitrogens with two attached hydrogens (primary N) is 1. The van der Waals surface area contributed by atoms with Crippen LogP contribution in [0, 0.1) is 11.7 Å². The van der Waals surface area contributed by atoms with Crippen molar-refractivity contribution in [3.05, 3.63) is 34.6 Å². The normalized spacial score (nSPS) is 13.3. The van der Waals surface area contributed by atoms with Gasteiger partial charge in [-0.1, -0.05) is 31.5 Å². The highest BCUT2D eigenvalue weighted by atomic mass is 35.5. The van der Waals surface area contributed by atoms with Crippen molar-refractivity contribution in [3.63, 3.8) is 0 Å². The Morgan fingerprint density at radius 3 is 2.57 bits per heavy atom. The highest BCUT2D eigenvalue weighted by molar-refractivity contribution is 6.30. The number of hydrogen-bond acceptors (Lipinski definition) is 1. The number of rotatable bonds is 3. The fourth-order valence-electron chi connectivity index (χ4n) is 1.39. The summed E-state index contributed by atoms with van der Waals surface area (Å²) in [6, 6.07) is 4.63. The Balaban J connectivity index is 2.80. The van der Waals surface area contributed by atoms with Crippen LogP contribution in [0.1, 0.15) is 31.9 Å². The quantitative estimate of drug-likeness (QED) is 0.820. The Morgan fingerprint density at radius 1 is 1.43 bits per heavy atom. The zero-order chi connectivity index (χ0) is 10.7. The lowest BCUT2D eigenvalue weighted by molar-refractivity contribution is 0.507. The molecule has 1 rings (SSSR count). The average molecular weight is 216 g/mol. The Hall–Kier alpha value is -0.600. The maximum atomic E-state index is 13.1. The lowest BCUT2D eigenvalue weighted by Gasteiger charge is -2.14. The molecule has 1 aromatic carbocycles. The van der Waals surface area contributed by atoms with Crippen molar-refractivity contribution < 1.29 is 4.39 Å². The van der Waals surface area contributed by atoms with Crippen molar-refractivity contribution in [3.8, 4) is 0 Å². The smallest absolute Gasteiger partial charge is 0.142 e. The van der Waals surface area contributed by atoms with Crippen LogP contribution < -0.4 is 5.73 Å². The molecule has 14 heavy (non-hydrogen) atoms. The third kappa shape index (κ3) is 2.96. The van der Waals surface area contributed by atoms with E-state index in [4.69, 9.17) is 17.3 Å². The zero-order valence-corrected chi connectivity index (χ0v) is 9.18. The van der Waals surface area contributed by atoms with E-state index < -0.39 is 5.82 Å². The Kier molecular flexibility index (Phi) is 3.90. The van der Waals surface area contributed by atoms with Crippen molar-refractivity contribution in [2.75, 3.05) is 0 Å². The van der Waals surface area contributed by atoms with E-state index >= 15 is 0 Å². The van der Waals surface area contributed by atoms with Gasteiger partial charge in [-0.3, -0.25) is 0 Å². The molecule has 0 aromatic heterocycles. The topological polar surface area (TPSA) is 26.0 Å². The molecule has 3 heteroatoms. The predicted octanol–water partition coefficient (Wildman–Crippen LogP) is 3.53. The first-order valence-corrected chi connectivity index (χ1v) is 5.09. The summed E-state index contributed by atoms with van der Waals surface area (Å²) in [6.45, 7) is 4.18. The van der Waals surface area contributed by atoms with Crippen LogP contribution in [-0.2, 0) is 0 Å². The van der Waals surface area contributed by atoms with Gasteiger partial charge in [-0.25, -0.2) is 4.39 Å². The van der Waals surface area contributed by atoms with Gasteiger partial charge >= 0.3 is 0 Å². The van der Waals surface area contributed by atoms with E-state index in [1.54, 1.807) is 12.1 Å². The Labute approximate surface area is 89.1 Å². The maximum absolute atomic E-state index is 13.1. The summed E-state index contributed by atoms with van der Waals surface area (Å²) in [7, 11) is 0. The molecule has 0 aliphatic heterocycles. The molecule has 0 aliphatic rings. The molecule has 0 saturated heterocycles. The predicted molar refractivity (Wildman–Crippen MR) is 57.8 cm³/mol. The first kappa shape index (κ1) is 11.5. The van der Waals surface area contributed by atoms with Crippen molar-refractivity contribution in [2.45, 2.75) is 26.3 Å². The lowest BCUT2D eigenvalue weighted by atomic mass is 9.98. The van der Waals surface area contributed by atoms with Crippen LogP contribution in [0.3, 0.4) is 0 Å². The van der Waals surface area contributed by atoms with E-state index in [-0.39, 0.29) is 11.1 Å². The van der Waals surface area contributed by atoms with Crippen molar-refractivity contribution in [2.24, 2.45) is 11.7 Å². The van der Waals surface area contributed by atoms with Gasteiger partial charge in [-0.05, 0) is 30.0 Å². The summed E-state index contributed by atoms with van der Waals surface area (Å²) in [5.41, 5.74) is 6.71. The van der Waals surface area contributed by atoms with Gasteiger partial charge in [0.15, 0.2) is 0 Å². The number of benzene rings is 1. The van der Waals surface area contributed by atoms with Crippen LogP contribution in [0.5, 0.6) is 0 Å². The summed E-state index contributed by atoms with van der Waals surface area (Å²) in [6.07, 6.45) is 0.848. The van der Waals surface area contributed by atoms with Crippen LogP contribution in [0.2, 0.25) is 5.02 Å². The van der Waals surface area contributed by atoms with Gasteiger partial charge in [0.1, 0.15) is 5.82 Å². The number of hydrogen-bond donors (Lipinski definition) is 1. The van der Waals surface area contributed by atoms with Gasteiger partial charge in [0.2, 0.25) is 0 Å². The minimum Gasteiger partial charge on any atom is -0.324 e. The molecule has 0 saturated carbocycles. The van der Waals surface area contributed by atoms with Crippen LogP contribution in [-0.4, -0.2) is 0 Å². The minimum absolute atomic E-state index is 0.109. The molecule has 0 heterocycles. The summed E-state index contributed by atoms with van der Waals surface area (Å²) in [5.74, 6) is 0.104. The Morgan fingerprint density at radius 2 is 2.07 bits per heavy atom. The third-order valence-corrected chi connectivity index (χ3v) is 2.40. The molecule has 0 radical (unpaired) electrons. The first-order valence-electron chi connectivity index (χ1n) is 4.71. The summed E-state index contributed by atoms with van der Waals surface area (Å²) in [4.78, 5) is 0. The first-order chi connectivity index (χ1) is 6.50. The Bertz CT molecular complexity index is 312. The summed E-state index contributed by atoms with van der Waals surface area (Å²) >= 11 is 5.58. The second-order valence-electron chi connectivity index (χ2n) is 3.91. The van der Waals surface area contributed by atoms with Crippen LogP contribution in [0.15, 0.2) is 18.2 Å². The van der Waals surface area contributed by atoms with E-state index in [1.807, 2.05) is 0 Å². The molecule has 2 N–H and O–H groups in total. The van der Waals surface area contributed by atoms with Crippen molar-refractivity contribution >= 4 is 11.6 Å². The summed E-state index contributed by atoms with van der Waals surface area (Å²) < 4.78 is 13.1. The van der Waals surface area contributed by atoms with Gasteiger partial charge in [0, 0.05) is 6.04 Å². The molecule has 0 spiro atoms. The van der Waals surface area contributed by atoms with Gasteiger partial charge in [-0.15, -0.1) is 0 Å². The van der Waals surface area contributed by atoms with Crippen LogP contribution in [0.4, 0.5) is 4.39 Å². The maximum Gasteiger partial charge on any atom is 0.142 e. The van der Waals surface area contributed by atoms with E-state index in [0.717, 1.165) is 12.0 Å². The van der Waals surface area contributed by atoms with Gasteiger partial charge < -0.3 is 5.73 Å². The van der Waals surface area contributed by atoms with Crippen LogP contribution >= 0.6 is 11.6 Å². The monoisotopic (exact) mass is 215 g/mol. The molecule has 0 unspecified atom stereocenters. The molecule has 1 nitrogen and oxygen atoms in total. The standard InChI is InChI=1S/C11H15ClFN/c1-7(2)5-11(14)8-3-4-9(12)10(13)6-8/h3-4,6-7,11H,5,14H2,1-2H3/t11-/m0/s1. The third-order valence-electron chi connectivity index (χ3n) is 2.10. The fraction of sp³-hybridized carbons (Fsp3) is 0.455. The molecule has 0 fully saturated rings. The second-order valence-corrected chi connectivity index (χ2v) is 4.32. The van der Waals surface area contributed by atoms with Crippen LogP contribution in [0.25, 0.3) is 0 Å². The largest absolute Gasteiger partial charge is 0.324 e. The summed E-state index contributed by atoms with van der Waals surface area (Å²) in [5, 5.41) is 0.144. The molecule has 0 aliphatic carbocycles. The highest BCUT2D eigenvalue weighted by Gasteiger charge is 2.10. The molecule has 0 bridgehead atoms. The van der Waals surface area contributed by atoms with Gasteiger partial charge in [-0.2, -0.15) is 0 Å². The molecule has 78 valence electrons. The molecular weight excluding hydrogens is 201 g/mol. The van der Waals surface area contributed by atoms with E-state index in [1.165, 1.54) is 6.07 Å². The molecule has 0 amide bonds. The van der Waals surface area contributed by atoms with Gasteiger partial charge in [0.05, 0.1) is 5.02 Å². The molecule has 1 atom stereocenters. The van der Waals surface area contributed by atoms with E-state index in [0.29, 0.717) is 5.92 Å². The molecule has 1 aromatic rings. The van der Waals surface area contributed by atoms with Gasteiger partial charge in [0.25, 0.3) is 0 Å². The molecular formula is C11H15ClFN. The van der Waals surface area contributed by atoms with E-state index in [9.17, 15) is 4.39 Å². The SMILES string of the molecule is CC(C)C[C@H](N)c1ccc(Cl)c(F)c1. The van der Waals surface area contributed by atoms with Crippen molar-refractivity contribution in [1.82, 2.24) is 0 Å². The second kappa shape index (κ2) is 4.76. The zero-order valence-electron chi connectivity index (χ0n) is 8.43.